The number of rotatable bonds is 0. The van der Waals surface area contributed by atoms with Crippen LogP contribution in [0.2, 0.25) is 0 Å². The lowest BCUT2D eigenvalue weighted by Crippen LogP contribution is -1.89. The van der Waals surface area contributed by atoms with Gasteiger partial charge in [-0.3, -0.25) is 0 Å². The summed E-state index contributed by atoms with van der Waals surface area (Å²) in [6.45, 7) is 6.60. The van der Waals surface area contributed by atoms with E-state index in [1.807, 2.05) is 0 Å². The Kier molecular flexibility index (Phi) is 2.70. The average Bonchev–Trinajstić information content (AvgIpc) is 1.83. The first-order valence-corrected chi connectivity index (χ1v) is 4.20. The Morgan fingerprint density at radius 2 is 2.00 bits per heavy atom. The first kappa shape index (κ1) is 8.32. The molecule has 0 nitrogen and oxygen atoms in total. The van der Waals surface area contributed by atoms with Gasteiger partial charge in [0.25, 0.3) is 0 Å². The summed E-state index contributed by atoms with van der Waals surface area (Å²) in [6.07, 6.45) is 10.0. The van der Waals surface area contributed by atoms with Crippen molar-refractivity contribution in [2.24, 2.45) is 5.92 Å². The van der Waals surface area contributed by atoms with Crippen molar-refractivity contribution in [1.82, 2.24) is 0 Å². The highest BCUT2D eigenvalue weighted by Crippen LogP contribution is 2.15. The lowest BCUT2D eigenvalue weighted by molar-refractivity contribution is 0.904. The van der Waals surface area contributed by atoms with Crippen molar-refractivity contribution in [2.45, 2.75) is 27.2 Å². The van der Waals surface area contributed by atoms with Crippen molar-refractivity contribution in [1.29, 1.82) is 0 Å². The minimum Gasteiger partial charge on any atom is -0.0786 e. The lowest BCUT2D eigenvalue weighted by atomic mass is 9.99. The molecule has 0 radical (unpaired) electrons. The predicted octanol–water partition coefficient (Wildman–Crippen LogP) is 3.48. The second-order valence-corrected chi connectivity index (χ2v) is 3.45. The van der Waals surface area contributed by atoms with Crippen LogP contribution in [0.15, 0.2) is 35.5 Å². The molecule has 0 aromatic rings. The van der Waals surface area contributed by atoms with E-state index in [-0.39, 0.29) is 0 Å². The third-order valence-corrected chi connectivity index (χ3v) is 1.90. The van der Waals surface area contributed by atoms with Crippen LogP contribution >= 0.6 is 0 Å². The maximum atomic E-state index is 2.33. The normalized spacial score (nSPS) is 34.6. The van der Waals surface area contributed by atoms with E-state index in [1.165, 1.54) is 11.1 Å². The van der Waals surface area contributed by atoms with Gasteiger partial charge in [-0.25, -0.2) is 0 Å². The van der Waals surface area contributed by atoms with Crippen molar-refractivity contribution >= 4 is 0 Å². The molecule has 1 aliphatic rings. The number of allylic oxidation sites excluding steroid dienone is 6. The maximum Gasteiger partial charge on any atom is -0.00761 e. The van der Waals surface area contributed by atoms with Gasteiger partial charge in [-0.05, 0) is 26.2 Å². The topological polar surface area (TPSA) is 0 Å². The van der Waals surface area contributed by atoms with Crippen LogP contribution in [0.4, 0.5) is 0 Å². The molecule has 60 valence electrons. The Bertz CT molecular complexity index is 216. The molecular weight excluding hydrogens is 132 g/mol. The molecule has 1 atom stereocenters. The molecular formula is C11H16. The summed E-state index contributed by atoms with van der Waals surface area (Å²) in [5, 5.41) is 0. The van der Waals surface area contributed by atoms with Crippen LogP contribution in [-0.4, -0.2) is 0 Å². The number of hydrogen-bond donors (Lipinski definition) is 0. The van der Waals surface area contributed by atoms with Gasteiger partial charge in [0.15, 0.2) is 0 Å². The quantitative estimate of drug-likeness (QED) is 0.461. The van der Waals surface area contributed by atoms with E-state index in [9.17, 15) is 0 Å². The highest BCUT2D eigenvalue weighted by molar-refractivity contribution is 5.22. The molecule has 11 heavy (non-hydrogen) atoms. The molecule has 0 fully saturated rings. The van der Waals surface area contributed by atoms with Gasteiger partial charge in [-0.2, -0.15) is 0 Å². The molecule has 0 aliphatic heterocycles. The molecule has 0 N–H and O–H groups in total. The summed E-state index contributed by atoms with van der Waals surface area (Å²) in [5.41, 5.74) is 2.93. The van der Waals surface area contributed by atoms with Gasteiger partial charge in [0.1, 0.15) is 0 Å². The van der Waals surface area contributed by atoms with Crippen LogP contribution in [0.3, 0.4) is 0 Å². The van der Waals surface area contributed by atoms with Gasteiger partial charge in [0.05, 0.1) is 0 Å². The molecule has 0 aromatic carbocycles. The summed E-state index contributed by atoms with van der Waals surface area (Å²) >= 11 is 0. The van der Waals surface area contributed by atoms with Crippen LogP contribution < -0.4 is 0 Å². The second-order valence-electron chi connectivity index (χ2n) is 3.45. The molecule has 0 saturated heterocycles. The molecule has 1 unspecified atom stereocenters. The van der Waals surface area contributed by atoms with Crippen molar-refractivity contribution in [3.05, 3.63) is 35.5 Å². The molecule has 0 amide bonds. The molecule has 1 rings (SSSR count). The van der Waals surface area contributed by atoms with Gasteiger partial charge in [-0.15, -0.1) is 0 Å². The van der Waals surface area contributed by atoms with Crippen LogP contribution in [0.25, 0.3) is 0 Å². The highest BCUT2D eigenvalue weighted by Gasteiger charge is 1.97. The highest BCUT2D eigenvalue weighted by atomic mass is 14.0. The second kappa shape index (κ2) is 3.56. The molecule has 1 aliphatic carbocycles. The lowest BCUT2D eigenvalue weighted by Gasteiger charge is -2.07. The summed E-state index contributed by atoms with van der Waals surface area (Å²) in [4.78, 5) is 0. The zero-order chi connectivity index (χ0) is 8.27. The van der Waals surface area contributed by atoms with Crippen molar-refractivity contribution < 1.29 is 0 Å². The van der Waals surface area contributed by atoms with E-state index in [1.54, 1.807) is 0 Å². The molecule has 0 spiro atoms. The van der Waals surface area contributed by atoms with E-state index < -0.39 is 0 Å². The van der Waals surface area contributed by atoms with Gasteiger partial charge in [-0.1, -0.05) is 42.4 Å². The first-order valence-electron chi connectivity index (χ1n) is 4.20. The smallest absolute Gasteiger partial charge is 0.00761 e. The summed E-state index contributed by atoms with van der Waals surface area (Å²) in [7, 11) is 0. The van der Waals surface area contributed by atoms with E-state index in [4.69, 9.17) is 0 Å². The van der Waals surface area contributed by atoms with E-state index in [0.29, 0.717) is 5.92 Å². The largest absolute Gasteiger partial charge is 0.0786 e. The van der Waals surface area contributed by atoms with Crippen molar-refractivity contribution in [3.63, 3.8) is 0 Å². The van der Waals surface area contributed by atoms with Crippen molar-refractivity contribution in [3.8, 4) is 0 Å². The Hall–Kier alpha value is -0.780. The molecule has 0 saturated carbocycles. The minimum absolute atomic E-state index is 0.597. The zero-order valence-corrected chi connectivity index (χ0v) is 7.59. The predicted molar refractivity (Wildman–Crippen MR) is 50.4 cm³/mol. The Balaban J connectivity index is 2.82. The molecule has 0 bridgehead atoms. The van der Waals surface area contributed by atoms with Gasteiger partial charge < -0.3 is 0 Å². The average molecular weight is 148 g/mol. The first-order chi connectivity index (χ1) is 5.18. The molecule has 0 heterocycles. The summed E-state index contributed by atoms with van der Waals surface area (Å²) < 4.78 is 0. The molecule has 0 aromatic heterocycles. The Morgan fingerprint density at radius 1 is 1.27 bits per heavy atom. The molecule has 0 heteroatoms. The van der Waals surface area contributed by atoms with E-state index >= 15 is 0 Å². The van der Waals surface area contributed by atoms with Crippen molar-refractivity contribution in [2.75, 3.05) is 0 Å². The standard InChI is InChI=1S/C11H16/c1-9-5-4-6-10(2)8-11(3)7-9/h4-7,9H,8H2,1-3H3/b5-4?,10-6-,11-7-. The van der Waals surface area contributed by atoms with Gasteiger partial charge >= 0.3 is 0 Å². The third kappa shape index (κ3) is 2.75. The zero-order valence-electron chi connectivity index (χ0n) is 7.59. The van der Waals surface area contributed by atoms with Gasteiger partial charge in [0.2, 0.25) is 0 Å². The number of hydrogen-bond acceptors (Lipinski definition) is 0. The fraction of sp³-hybridized carbons (Fsp3) is 0.455. The summed E-state index contributed by atoms with van der Waals surface area (Å²) in [5.74, 6) is 0.597. The van der Waals surface area contributed by atoms with Crippen LogP contribution in [0.1, 0.15) is 27.2 Å². The van der Waals surface area contributed by atoms with Gasteiger partial charge in [0, 0.05) is 0 Å². The van der Waals surface area contributed by atoms with Crippen LogP contribution in [-0.2, 0) is 0 Å². The summed E-state index contributed by atoms with van der Waals surface area (Å²) in [6, 6.07) is 0. The Labute approximate surface area is 69.3 Å². The van der Waals surface area contributed by atoms with Crippen LogP contribution in [0.5, 0.6) is 0 Å². The van der Waals surface area contributed by atoms with E-state index in [0.717, 1.165) is 6.42 Å². The minimum atomic E-state index is 0.597. The maximum absolute atomic E-state index is 2.33. The SMILES string of the molecule is C/C1=C/C=CC(C)/C=C(/C)C1. The fourth-order valence-corrected chi connectivity index (χ4v) is 1.46. The fourth-order valence-electron chi connectivity index (χ4n) is 1.46. The monoisotopic (exact) mass is 148 g/mol. The third-order valence-electron chi connectivity index (χ3n) is 1.90. The van der Waals surface area contributed by atoms with Crippen LogP contribution in [0, 0.1) is 5.92 Å². The Morgan fingerprint density at radius 3 is 2.73 bits per heavy atom. The van der Waals surface area contributed by atoms with E-state index in [2.05, 4.69) is 45.1 Å².